The number of rotatable bonds is 3. The van der Waals surface area contributed by atoms with E-state index in [1.54, 1.807) is 14.2 Å². The van der Waals surface area contributed by atoms with E-state index in [1.807, 2.05) is 13.0 Å². The Labute approximate surface area is 132 Å². The number of aliphatic hydroxyl groups excluding tert-OH is 1. The van der Waals surface area contributed by atoms with Crippen molar-refractivity contribution in [1.82, 2.24) is 4.90 Å². The first kappa shape index (κ1) is 15.4. The zero-order valence-corrected chi connectivity index (χ0v) is 13.8. The molecule has 0 radical (unpaired) electrons. The monoisotopic (exact) mass is 303 g/mol. The van der Waals surface area contributed by atoms with Gasteiger partial charge in [-0.25, -0.2) is 0 Å². The lowest BCUT2D eigenvalue weighted by Gasteiger charge is -2.41. The van der Waals surface area contributed by atoms with E-state index in [0.29, 0.717) is 6.04 Å². The van der Waals surface area contributed by atoms with Crippen LogP contribution in [0.25, 0.3) is 0 Å². The zero-order valence-electron chi connectivity index (χ0n) is 13.8. The molecule has 0 bridgehead atoms. The number of likely N-dealkylation sites (N-methyl/N-ethyl adjacent to an activating group) is 1. The van der Waals surface area contributed by atoms with Crippen LogP contribution in [0.1, 0.15) is 25.3 Å². The second kappa shape index (κ2) is 5.60. The first-order valence-electron chi connectivity index (χ1n) is 7.82. The van der Waals surface area contributed by atoms with Crippen molar-refractivity contribution in [3.8, 4) is 11.5 Å². The Morgan fingerprint density at radius 2 is 1.95 bits per heavy atom. The van der Waals surface area contributed by atoms with Crippen LogP contribution in [0, 0.1) is 0 Å². The van der Waals surface area contributed by atoms with Crippen LogP contribution in [0.3, 0.4) is 0 Å². The number of fused-ring (bicyclic) bond motifs is 1. The minimum absolute atomic E-state index is 0.0440. The standard InChI is InChI=1S/C18H25NO3/c1-12-11-18(7-8-19(2)17(18)10-14(12)20)13-5-6-15(21-3)16(9-13)22-4/h5-6,9,11,14,17,20H,7-8,10H2,1-4H3/t14-,17+,18-/m1/s1. The lowest BCUT2D eigenvalue weighted by molar-refractivity contribution is 0.127. The van der Waals surface area contributed by atoms with Crippen LogP contribution in [0.5, 0.6) is 11.5 Å². The summed E-state index contributed by atoms with van der Waals surface area (Å²) in [5, 5.41) is 10.2. The number of benzene rings is 1. The zero-order chi connectivity index (χ0) is 15.9. The Balaban J connectivity index is 2.11. The number of methoxy groups -OCH3 is 2. The van der Waals surface area contributed by atoms with Gasteiger partial charge in [0.25, 0.3) is 0 Å². The summed E-state index contributed by atoms with van der Waals surface area (Å²) in [5.74, 6) is 1.52. The Morgan fingerprint density at radius 3 is 2.64 bits per heavy atom. The molecular weight excluding hydrogens is 278 g/mol. The maximum Gasteiger partial charge on any atom is 0.161 e. The maximum absolute atomic E-state index is 10.2. The molecule has 1 aromatic carbocycles. The molecule has 1 N–H and O–H groups in total. The number of nitrogens with zero attached hydrogens (tertiary/aromatic N) is 1. The van der Waals surface area contributed by atoms with Crippen LogP contribution in [0.2, 0.25) is 0 Å². The summed E-state index contributed by atoms with van der Waals surface area (Å²) < 4.78 is 10.8. The topological polar surface area (TPSA) is 41.9 Å². The van der Waals surface area contributed by atoms with Gasteiger partial charge in [-0.05, 0) is 56.6 Å². The summed E-state index contributed by atoms with van der Waals surface area (Å²) in [6, 6.07) is 6.53. The number of likely N-dealkylation sites (tertiary alicyclic amines) is 1. The van der Waals surface area contributed by atoms with Gasteiger partial charge in [0.05, 0.1) is 20.3 Å². The van der Waals surface area contributed by atoms with E-state index in [0.717, 1.165) is 36.5 Å². The van der Waals surface area contributed by atoms with Crippen LogP contribution >= 0.6 is 0 Å². The van der Waals surface area contributed by atoms with Crippen molar-refractivity contribution < 1.29 is 14.6 Å². The van der Waals surface area contributed by atoms with Crippen molar-refractivity contribution in [3.05, 3.63) is 35.4 Å². The van der Waals surface area contributed by atoms with E-state index in [4.69, 9.17) is 9.47 Å². The fraction of sp³-hybridized carbons (Fsp3) is 0.556. The van der Waals surface area contributed by atoms with Crippen molar-refractivity contribution in [2.24, 2.45) is 0 Å². The van der Waals surface area contributed by atoms with E-state index in [9.17, 15) is 5.11 Å². The molecule has 1 aliphatic carbocycles. The molecule has 1 heterocycles. The van der Waals surface area contributed by atoms with E-state index in [2.05, 4.69) is 30.2 Å². The smallest absolute Gasteiger partial charge is 0.161 e. The Kier molecular flexibility index (Phi) is 3.91. The molecule has 3 rings (SSSR count). The van der Waals surface area contributed by atoms with E-state index >= 15 is 0 Å². The van der Waals surface area contributed by atoms with Gasteiger partial charge in [-0.3, -0.25) is 0 Å². The molecule has 1 aromatic rings. The van der Waals surface area contributed by atoms with Gasteiger partial charge in [0.15, 0.2) is 11.5 Å². The molecule has 22 heavy (non-hydrogen) atoms. The highest BCUT2D eigenvalue weighted by atomic mass is 16.5. The summed E-state index contributed by atoms with van der Waals surface area (Å²) in [6.07, 6.45) is 3.79. The number of hydrogen-bond donors (Lipinski definition) is 1. The average Bonchev–Trinajstić information content (AvgIpc) is 2.85. The first-order chi connectivity index (χ1) is 10.5. The van der Waals surface area contributed by atoms with Gasteiger partial charge in [-0.2, -0.15) is 0 Å². The molecule has 1 saturated heterocycles. The summed E-state index contributed by atoms with van der Waals surface area (Å²) in [6.45, 7) is 3.07. The lowest BCUT2D eigenvalue weighted by atomic mass is 9.67. The molecule has 4 heteroatoms. The van der Waals surface area contributed by atoms with Gasteiger partial charge in [-0.1, -0.05) is 12.1 Å². The van der Waals surface area contributed by atoms with Gasteiger partial charge in [0, 0.05) is 11.5 Å². The molecule has 4 nitrogen and oxygen atoms in total. The highest BCUT2D eigenvalue weighted by Crippen LogP contribution is 2.48. The van der Waals surface area contributed by atoms with Gasteiger partial charge in [0.1, 0.15) is 0 Å². The van der Waals surface area contributed by atoms with E-state index in [-0.39, 0.29) is 11.5 Å². The highest BCUT2D eigenvalue weighted by Gasteiger charge is 2.49. The van der Waals surface area contributed by atoms with E-state index < -0.39 is 0 Å². The lowest BCUT2D eigenvalue weighted by Crippen LogP contribution is -2.45. The van der Waals surface area contributed by atoms with Crippen molar-refractivity contribution in [2.75, 3.05) is 27.8 Å². The second-order valence-corrected chi connectivity index (χ2v) is 6.50. The first-order valence-corrected chi connectivity index (χ1v) is 7.82. The molecule has 1 fully saturated rings. The third kappa shape index (κ3) is 2.22. The number of aliphatic hydroxyl groups is 1. The largest absolute Gasteiger partial charge is 0.493 e. The fourth-order valence-electron chi connectivity index (χ4n) is 4.08. The molecule has 2 aliphatic rings. The summed E-state index contributed by atoms with van der Waals surface area (Å²) in [7, 11) is 5.47. The summed E-state index contributed by atoms with van der Waals surface area (Å²) in [5.41, 5.74) is 2.27. The average molecular weight is 303 g/mol. The third-order valence-corrected chi connectivity index (χ3v) is 5.38. The molecule has 120 valence electrons. The number of ether oxygens (including phenoxy) is 2. The fourth-order valence-corrected chi connectivity index (χ4v) is 4.08. The molecule has 0 unspecified atom stereocenters. The van der Waals surface area contributed by atoms with Gasteiger partial charge >= 0.3 is 0 Å². The Hall–Kier alpha value is -1.52. The Bertz CT molecular complexity index is 598. The van der Waals surface area contributed by atoms with Crippen LogP contribution < -0.4 is 9.47 Å². The predicted octanol–water partition coefficient (Wildman–Crippen LogP) is 2.36. The minimum Gasteiger partial charge on any atom is -0.493 e. The maximum atomic E-state index is 10.2. The quantitative estimate of drug-likeness (QED) is 0.871. The molecule has 0 saturated carbocycles. The van der Waals surface area contributed by atoms with Crippen molar-refractivity contribution in [1.29, 1.82) is 0 Å². The van der Waals surface area contributed by atoms with Gasteiger partial charge in [-0.15, -0.1) is 0 Å². The summed E-state index contributed by atoms with van der Waals surface area (Å²) in [4.78, 5) is 2.36. The van der Waals surface area contributed by atoms with Crippen molar-refractivity contribution in [2.45, 2.75) is 37.3 Å². The molecule has 0 spiro atoms. The normalized spacial score (nSPS) is 31.6. The minimum atomic E-state index is -0.334. The summed E-state index contributed by atoms with van der Waals surface area (Å²) >= 11 is 0. The molecule has 0 amide bonds. The third-order valence-electron chi connectivity index (χ3n) is 5.38. The van der Waals surface area contributed by atoms with Crippen molar-refractivity contribution >= 4 is 0 Å². The molecular formula is C18H25NO3. The second-order valence-electron chi connectivity index (χ2n) is 6.50. The van der Waals surface area contributed by atoms with Crippen molar-refractivity contribution in [3.63, 3.8) is 0 Å². The Morgan fingerprint density at radius 1 is 1.23 bits per heavy atom. The van der Waals surface area contributed by atoms with Crippen LogP contribution in [0.15, 0.2) is 29.8 Å². The predicted molar refractivity (Wildman–Crippen MR) is 86.6 cm³/mol. The molecule has 0 aromatic heterocycles. The van der Waals surface area contributed by atoms with Crippen LogP contribution in [-0.4, -0.2) is 50.0 Å². The van der Waals surface area contributed by atoms with Crippen LogP contribution in [0.4, 0.5) is 0 Å². The van der Waals surface area contributed by atoms with Gasteiger partial charge < -0.3 is 19.5 Å². The molecule has 1 aliphatic heterocycles. The van der Waals surface area contributed by atoms with E-state index in [1.165, 1.54) is 5.56 Å². The highest BCUT2D eigenvalue weighted by molar-refractivity contribution is 5.49. The molecule has 3 atom stereocenters. The SMILES string of the molecule is COc1ccc([C@@]23C=C(C)[C@H](O)C[C@@H]2N(C)CC3)cc1OC. The van der Waals surface area contributed by atoms with Gasteiger partial charge in [0.2, 0.25) is 0 Å². The number of hydrogen-bond acceptors (Lipinski definition) is 4. The van der Waals surface area contributed by atoms with Crippen LogP contribution in [-0.2, 0) is 5.41 Å².